The molecule has 10 heteroatoms. The fraction of sp³-hybridized carbons (Fsp3) is 0.690. The topological polar surface area (TPSA) is 133 Å². The van der Waals surface area contributed by atoms with Gasteiger partial charge >= 0.3 is 11.9 Å². The van der Waals surface area contributed by atoms with Crippen LogP contribution in [-0.4, -0.2) is 90.0 Å². The zero-order chi connectivity index (χ0) is 27.4. The lowest BCUT2D eigenvalue weighted by Gasteiger charge is -2.58. The molecule has 4 bridgehead atoms. The molecule has 10 atom stereocenters. The number of cyclic esters (lactones) is 1. The van der Waals surface area contributed by atoms with E-state index in [0.29, 0.717) is 19.4 Å². The molecule has 1 N–H and O–H groups in total. The molecule has 3 spiro atoms. The van der Waals surface area contributed by atoms with Gasteiger partial charge in [0.1, 0.15) is 30.0 Å². The number of allylic oxidation sites excluding steroid dienone is 3. The first kappa shape index (κ1) is 25.6. The number of ether oxygens (including phenoxy) is 6. The SMILES string of the molecule is CC(=O)C12/C=C/C=C\C(=O)O[C@@H]3C[C@H]4O[C@@H]5C=C(C)CC[C@]5(COC(=O)C5OC5(CCO1)C2O)[C@]3(C)[C@]41CO1. The number of fused-ring (bicyclic) bond motifs is 1. The zero-order valence-corrected chi connectivity index (χ0v) is 22.3. The smallest absolute Gasteiger partial charge is 0.338 e. The lowest BCUT2D eigenvalue weighted by atomic mass is 9.51. The van der Waals surface area contributed by atoms with Gasteiger partial charge in [-0.2, -0.15) is 0 Å². The number of epoxide rings is 2. The Hall–Kier alpha value is -2.37. The average molecular weight is 543 g/mol. The van der Waals surface area contributed by atoms with E-state index in [2.05, 4.69) is 19.9 Å². The highest BCUT2D eigenvalue weighted by Gasteiger charge is 2.83. The molecule has 5 fully saturated rings. The second-order valence-corrected chi connectivity index (χ2v) is 12.4. The number of aliphatic hydroxyl groups excluding tert-OH is 1. The van der Waals surface area contributed by atoms with E-state index in [0.717, 1.165) is 6.42 Å². The van der Waals surface area contributed by atoms with Crippen LogP contribution in [0.4, 0.5) is 0 Å². The van der Waals surface area contributed by atoms with Gasteiger partial charge in [0.2, 0.25) is 0 Å². The fourth-order valence-electron chi connectivity index (χ4n) is 8.26. The minimum Gasteiger partial charge on any atom is -0.463 e. The number of rotatable bonds is 1. The summed E-state index contributed by atoms with van der Waals surface area (Å²) in [5.41, 5.74) is -3.83. The highest BCUT2D eigenvalue weighted by molar-refractivity contribution is 5.90. The third kappa shape index (κ3) is 3.12. The number of carbonyl (C=O) groups excluding carboxylic acids is 3. The Morgan fingerprint density at radius 2 is 1.90 bits per heavy atom. The van der Waals surface area contributed by atoms with Crippen molar-refractivity contribution in [2.75, 3.05) is 19.8 Å². The fourth-order valence-corrected chi connectivity index (χ4v) is 8.26. The summed E-state index contributed by atoms with van der Waals surface area (Å²) in [7, 11) is 0. The number of hydrogen-bond donors (Lipinski definition) is 1. The van der Waals surface area contributed by atoms with Crippen LogP contribution in [-0.2, 0) is 42.8 Å². The van der Waals surface area contributed by atoms with Crippen LogP contribution in [0, 0.1) is 10.8 Å². The van der Waals surface area contributed by atoms with Crippen molar-refractivity contribution in [1.29, 1.82) is 0 Å². The van der Waals surface area contributed by atoms with Crippen LogP contribution >= 0.6 is 0 Å². The van der Waals surface area contributed by atoms with E-state index >= 15 is 0 Å². The Kier molecular flexibility index (Phi) is 5.31. The molecule has 7 rings (SSSR count). The van der Waals surface area contributed by atoms with Crippen molar-refractivity contribution >= 4 is 17.7 Å². The molecule has 0 aromatic carbocycles. The third-order valence-electron chi connectivity index (χ3n) is 10.8. The van der Waals surface area contributed by atoms with Crippen molar-refractivity contribution in [1.82, 2.24) is 0 Å². The second-order valence-electron chi connectivity index (χ2n) is 12.4. The van der Waals surface area contributed by atoms with E-state index in [4.69, 9.17) is 28.4 Å². The Balaban J connectivity index is 1.31. The molecule has 0 radical (unpaired) electrons. The monoisotopic (exact) mass is 542 g/mol. The van der Waals surface area contributed by atoms with E-state index in [1.54, 1.807) is 0 Å². The Morgan fingerprint density at radius 3 is 2.64 bits per heavy atom. The predicted octanol–water partition coefficient (Wildman–Crippen LogP) is 1.49. The highest BCUT2D eigenvalue weighted by atomic mass is 16.7. The van der Waals surface area contributed by atoms with Crippen molar-refractivity contribution in [3.05, 3.63) is 36.0 Å². The van der Waals surface area contributed by atoms with Crippen LogP contribution < -0.4 is 0 Å². The van der Waals surface area contributed by atoms with E-state index in [9.17, 15) is 19.5 Å². The van der Waals surface area contributed by atoms with Crippen molar-refractivity contribution in [3.8, 4) is 0 Å². The molecule has 39 heavy (non-hydrogen) atoms. The molecule has 4 unspecified atom stereocenters. The maximum absolute atomic E-state index is 13.5. The molecule has 0 aromatic rings. The summed E-state index contributed by atoms with van der Waals surface area (Å²) >= 11 is 0. The van der Waals surface area contributed by atoms with Gasteiger partial charge in [-0.15, -0.1) is 0 Å². The Labute approximate surface area is 226 Å². The van der Waals surface area contributed by atoms with Gasteiger partial charge in [0, 0.05) is 24.3 Å². The average Bonchev–Trinajstić information content (AvgIpc) is 3.81. The molecular weight excluding hydrogens is 508 g/mol. The summed E-state index contributed by atoms with van der Waals surface area (Å²) in [6.45, 7) is 6.05. The summed E-state index contributed by atoms with van der Waals surface area (Å²) in [6.07, 6.45) is 6.29. The molecule has 0 amide bonds. The first-order valence-electron chi connectivity index (χ1n) is 13.8. The minimum atomic E-state index is -1.72. The molecule has 5 heterocycles. The molecule has 7 aliphatic rings. The van der Waals surface area contributed by atoms with Gasteiger partial charge in [0.25, 0.3) is 0 Å². The summed E-state index contributed by atoms with van der Waals surface area (Å²) in [6, 6.07) is 0. The van der Waals surface area contributed by atoms with Crippen molar-refractivity contribution in [2.45, 2.75) is 93.8 Å². The van der Waals surface area contributed by atoms with Gasteiger partial charge < -0.3 is 33.5 Å². The van der Waals surface area contributed by atoms with Crippen LogP contribution in [0.2, 0.25) is 0 Å². The zero-order valence-electron chi connectivity index (χ0n) is 22.3. The van der Waals surface area contributed by atoms with Crippen LogP contribution in [0.1, 0.15) is 46.5 Å². The lowest BCUT2D eigenvalue weighted by molar-refractivity contribution is -0.233. The largest absolute Gasteiger partial charge is 0.463 e. The Morgan fingerprint density at radius 1 is 1.10 bits per heavy atom. The maximum Gasteiger partial charge on any atom is 0.338 e. The summed E-state index contributed by atoms with van der Waals surface area (Å²) in [5, 5.41) is 11.4. The third-order valence-corrected chi connectivity index (χ3v) is 10.8. The number of carbonyl (C=O) groups is 3. The summed E-state index contributed by atoms with van der Waals surface area (Å²) in [5.74, 6) is -1.59. The van der Waals surface area contributed by atoms with Crippen LogP contribution in [0.5, 0.6) is 0 Å². The summed E-state index contributed by atoms with van der Waals surface area (Å²) < 4.78 is 36.5. The number of hydrogen-bond acceptors (Lipinski definition) is 10. The summed E-state index contributed by atoms with van der Waals surface area (Å²) in [4.78, 5) is 39.3. The van der Waals surface area contributed by atoms with E-state index in [-0.39, 0.29) is 31.8 Å². The number of ketones is 1. The van der Waals surface area contributed by atoms with Gasteiger partial charge in [-0.1, -0.05) is 30.7 Å². The van der Waals surface area contributed by atoms with E-state index in [1.165, 1.54) is 36.8 Å². The van der Waals surface area contributed by atoms with E-state index in [1.807, 2.05) is 0 Å². The van der Waals surface area contributed by atoms with Gasteiger partial charge in [-0.05, 0) is 32.8 Å². The molecule has 4 saturated heterocycles. The van der Waals surface area contributed by atoms with Crippen LogP contribution in [0.15, 0.2) is 36.0 Å². The number of Topliss-reactive ketones (excluding diaryl/α,β-unsaturated/α-hetero) is 1. The maximum atomic E-state index is 13.5. The number of aliphatic hydroxyl groups is 1. The normalized spacial score (nSPS) is 53.4. The first-order valence-corrected chi connectivity index (χ1v) is 13.8. The molecular formula is C29H34O10. The minimum absolute atomic E-state index is 0.0127. The standard InChI is InChI=1S/C29H34O10/c1-16-7-9-26-14-34-23(32)22-28(39-22)10-11-35-27(17(2)30,24(28)33)8-5-4-6-21(31)38-18-13-20(37-19(26)12-16)29(15-36-29)25(18,26)3/h4-6,8,12,18-20,22,24,33H,7,9-11,13-15H2,1-3H3/b6-4-,8-5+/t18-,19-,20-,22?,24?,25-,26-,27?,28?,29+/m1/s1. The Bertz CT molecular complexity index is 1230. The van der Waals surface area contributed by atoms with Crippen LogP contribution in [0.25, 0.3) is 0 Å². The van der Waals surface area contributed by atoms with Gasteiger partial charge in [-0.25, -0.2) is 9.59 Å². The molecule has 0 aromatic heterocycles. The molecule has 2 aliphatic carbocycles. The van der Waals surface area contributed by atoms with Crippen molar-refractivity contribution in [2.24, 2.45) is 10.8 Å². The van der Waals surface area contributed by atoms with Gasteiger partial charge in [0.05, 0.1) is 30.8 Å². The predicted molar refractivity (Wildman–Crippen MR) is 132 cm³/mol. The first-order chi connectivity index (χ1) is 18.5. The van der Waals surface area contributed by atoms with Crippen molar-refractivity contribution < 1.29 is 47.9 Å². The van der Waals surface area contributed by atoms with Crippen LogP contribution in [0.3, 0.4) is 0 Å². The number of esters is 2. The van der Waals surface area contributed by atoms with Crippen molar-refractivity contribution in [3.63, 3.8) is 0 Å². The van der Waals surface area contributed by atoms with Gasteiger partial charge in [0.15, 0.2) is 17.5 Å². The highest BCUT2D eigenvalue weighted by Crippen LogP contribution is 2.72. The van der Waals surface area contributed by atoms with Gasteiger partial charge in [-0.3, -0.25) is 4.79 Å². The molecule has 5 aliphatic heterocycles. The molecule has 210 valence electrons. The molecule has 10 nitrogen and oxygen atoms in total. The quantitative estimate of drug-likeness (QED) is 0.295. The second kappa shape index (κ2) is 8.10. The van der Waals surface area contributed by atoms with E-state index < -0.39 is 63.7 Å². The lowest BCUT2D eigenvalue weighted by Crippen LogP contribution is -2.67. The molecule has 1 saturated carbocycles.